The van der Waals surface area contributed by atoms with Crippen molar-refractivity contribution in [2.75, 3.05) is 11.1 Å². The number of alkyl halides is 3. The van der Waals surface area contributed by atoms with Gasteiger partial charge in [-0.15, -0.1) is 11.3 Å². The van der Waals surface area contributed by atoms with Gasteiger partial charge in [-0.3, -0.25) is 9.59 Å². The minimum atomic E-state index is -4.69. The van der Waals surface area contributed by atoms with Gasteiger partial charge in [-0.05, 0) is 6.07 Å². The van der Waals surface area contributed by atoms with Gasteiger partial charge in [-0.25, -0.2) is 19.9 Å². The first-order chi connectivity index (χ1) is 14.1. The maximum absolute atomic E-state index is 12.9. The molecule has 0 spiro atoms. The zero-order valence-electron chi connectivity index (χ0n) is 14.7. The van der Waals surface area contributed by atoms with Crippen LogP contribution in [0.3, 0.4) is 0 Å². The molecule has 0 atom stereocenters. The van der Waals surface area contributed by atoms with Crippen molar-refractivity contribution in [3.8, 4) is 0 Å². The quantitative estimate of drug-likeness (QED) is 0.536. The largest absolute Gasteiger partial charge is 0.418 e. The van der Waals surface area contributed by atoms with E-state index in [0.29, 0.717) is 11.1 Å². The Kier molecular flexibility index (Phi) is 6.12. The Morgan fingerprint density at radius 2 is 1.87 bits per heavy atom. The summed E-state index contributed by atoms with van der Waals surface area (Å²) in [7, 11) is 0. The van der Waals surface area contributed by atoms with Gasteiger partial charge < -0.3 is 16.4 Å². The maximum Gasteiger partial charge on any atom is 0.418 e. The number of anilines is 2. The van der Waals surface area contributed by atoms with Crippen molar-refractivity contribution in [2.24, 2.45) is 0 Å². The van der Waals surface area contributed by atoms with Crippen molar-refractivity contribution in [1.29, 1.82) is 0 Å². The molecule has 3 heterocycles. The van der Waals surface area contributed by atoms with Crippen LogP contribution in [0, 0.1) is 0 Å². The molecule has 0 aliphatic carbocycles. The van der Waals surface area contributed by atoms with Gasteiger partial charge in [0, 0.05) is 12.3 Å². The third-order valence-corrected chi connectivity index (χ3v) is 4.80. The number of hydrogen-bond donors (Lipinski definition) is 3. The Morgan fingerprint density at radius 1 is 1.10 bits per heavy atom. The van der Waals surface area contributed by atoms with Crippen LogP contribution in [0.1, 0.15) is 30.7 Å². The van der Waals surface area contributed by atoms with E-state index in [4.69, 9.17) is 17.3 Å². The van der Waals surface area contributed by atoms with Crippen LogP contribution in [-0.2, 0) is 12.7 Å². The van der Waals surface area contributed by atoms with Gasteiger partial charge in [0.15, 0.2) is 0 Å². The van der Waals surface area contributed by atoms with Crippen molar-refractivity contribution < 1.29 is 22.8 Å². The van der Waals surface area contributed by atoms with Crippen molar-refractivity contribution in [1.82, 2.24) is 25.3 Å². The van der Waals surface area contributed by atoms with Gasteiger partial charge in [-0.1, -0.05) is 11.6 Å². The Hall–Kier alpha value is -3.32. The fourth-order valence-electron chi connectivity index (χ4n) is 2.14. The molecule has 0 radical (unpaired) electrons. The van der Waals surface area contributed by atoms with Gasteiger partial charge >= 0.3 is 6.18 Å². The zero-order valence-corrected chi connectivity index (χ0v) is 16.3. The predicted molar refractivity (Wildman–Crippen MR) is 102 cm³/mol. The van der Waals surface area contributed by atoms with Crippen LogP contribution >= 0.6 is 22.9 Å². The SMILES string of the molecule is Nc1cc(C(=O)NCc2ncc(C(=O)Nc3cc(C(F)(F)F)c(Cl)cn3)s2)ncn1. The highest BCUT2D eigenvalue weighted by Gasteiger charge is 2.34. The molecule has 0 saturated carbocycles. The number of carbonyl (C=O) groups excluding carboxylic acids is 2. The Morgan fingerprint density at radius 3 is 2.57 bits per heavy atom. The monoisotopic (exact) mass is 457 g/mol. The Labute approximate surface area is 175 Å². The lowest BCUT2D eigenvalue weighted by Crippen LogP contribution is -2.24. The van der Waals surface area contributed by atoms with E-state index in [-0.39, 0.29) is 28.8 Å². The molecule has 14 heteroatoms. The van der Waals surface area contributed by atoms with Crippen LogP contribution in [0.15, 0.2) is 30.9 Å². The lowest BCUT2D eigenvalue weighted by molar-refractivity contribution is -0.137. The number of nitrogens with one attached hydrogen (secondary N) is 2. The summed E-state index contributed by atoms with van der Waals surface area (Å²) in [5, 5.41) is 4.61. The van der Waals surface area contributed by atoms with E-state index in [9.17, 15) is 22.8 Å². The van der Waals surface area contributed by atoms with E-state index in [1.54, 1.807) is 0 Å². The van der Waals surface area contributed by atoms with E-state index >= 15 is 0 Å². The molecule has 0 aliphatic rings. The number of pyridine rings is 1. The summed E-state index contributed by atoms with van der Waals surface area (Å²) in [4.78, 5) is 39.5. The van der Waals surface area contributed by atoms with E-state index in [1.807, 2.05) is 0 Å². The number of nitrogens with two attached hydrogens (primary N) is 1. The molecule has 4 N–H and O–H groups in total. The van der Waals surface area contributed by atoms with Gasteiger partial charge in [-0.2, -0.15) is 13.2 Å². The fourth-order valence-corrected chi connectivity index (χ4v) is 3.11. The third kappa shape index (κ3) is 5.18. The average molecular weight is 458 g/mol. The second-order valence-corrected chi connectivity index (χ2v) is 7.15. The van der Waals surface area contributed by atoms with E-state index in [1.165, 1.54) is 12.3 Å². The summed E-state index contributed by atoms with van der Waals surface area (Å²) < 4.78 is 38.7. The lowest BCUT2D eigenvalue weighted by Gasteiger charge is -2.10. The minimum Gasteiger partial charge on any atom is -0.384 e. The van der Waals surface area contributed by atoms with Crippen LogP contribution in [0.5, 0.6) is 0 Å². The Balaban J connectivity index is 1.63. The number of carbonyl (C=O) groups is 2. The van der Waals surface area contributed by atoms with Crippen molar-refractivity contribution in [3.63, 3.8) is 0 Å². The molecule has 0 aliphatic heterocycles. The summed E-state index contributed by atoms with van der Waals surface area (Å²) in [5.41, 5.74) is 4.43. The number of amides is 2. The number of thiazole rings is 1. The van der Waals surface area contributed by atoms with E-state index in [0.717, 1.165) is 23.9 Å². The fraction of sp³-hybridized carbons (Fsp3) is 0.125. The molecule has 3 aromatic rings. The average Bonchev–Trinajstić information content (AvgIpc) is 3.16. The maximum atomic E-state index is 12.9. The molecule has 0 bridgehead atoms. The molecule has 3 rings (SSSR count). The van der Waals surface area contributed by atoms with Crippen molar-refractivity contribution in [2.45, 2.75) is 12.7 Å². The first kappa shape index (κ1) is 21.4. The molecule has 0 fully saturated rings. The topological polar surface area (TPSA) is 136 Å². The number of hydrogen-bond acceptors (Lipinski definition) is 8. The standard InChI is InChI=1S/C16H11ClF3N7O2S/c17-8-3-22-12(1-7(8)16(18,19)20)27-15(29)10-4-23-13(30-10)5-24-14(28)9-2-11(21)26-6-25-9/h1-4,6H,5H2,(H,24,28)(H2,21,25,26)(H,22,27,29). The molecule has 30 heavy (non-hydrogen) atoms. The molecule has 156 valence electrons. The van der Waals surface area contributed by atoms with Gasteiger partial charge in [0.1, 0.15) is 33.5 Å². The molecule has 3 aromatic heterocycles. The summed E-state index contributed by atoms with van der Waals surface area (Å²) in [5.74, 6) is -1.42. The molecule has 2 amide bonds. The number of aromatic nitrogens is 4. The second kappa shape index (κ2) is 8.59. The highest BCUT2D eigenvalue weighted by atomic mass is 35.5. The van der Waals surface area contributed by atoms with Crippen LogP contribution in [0.4, 0.5) is 24.8 Å². The van der Waals surface area contributed by atoms with Gasteiger partial charge in [0.05, 0.1) is 23.3 Å². The first-order valence-electron chi connectivity index (χ1n) is 7.98. The second-order valence-electron chi connectivity index (χ2n) is 5.63. The molecule has 0 aromatic carbocycles. The van der Waals surface area contributed by atoms with Gasteiger partial charge in [0.2, 0.25) is 0 Å². The molecular formula is C16H11ClF3N7O2S. The first-order valence-corrected chi connectivity index (χ1v) is 9.17. The molecule has 0 saturated heterocycles. The molecular weight excluding hydrogens is 447 g/mol. The summed E-state index contributed by atoms with van der Waals surface area (Å²) in [6.07, 6.45) is -1.52. The highest BCUT2D eigenvalue weighted by molar-refractivity contribution is 7.13. The summed E-state index contributed by atoms with van der Waals surface area (Å²) >= 11 is 6.44. The van der Waals surface area contributed by atoms with Gasteiger partial charge in [0.25, 0.3) is 11.8 Å². The smallest absolute Gasteiger partial charge is 0.384 e. The number of rotatable bonds is 5. The van der Waals surface area contributed by atoms with Crippen molar-refractivity contribution >= 4 is 46.4 Å². The number of nitrogen functional groups attached to an aromatic ring is 1. The van der Waals surface area contributed by atoms with E-state index < -0.39 is 28.6 Å². The minimum absolute atomic E-state index is 0.00188. The molecule has 0 unspecified atom stereocenters. The molecule has 9 nitrogen and oxygen atoms in total. The highest BCUT2D eigenvalue weighted by Crippen LogP contribution is 2.35. The summed E-state index contributed by atoms with van der Waals surface area (Å²) in [6.45, 7) is -0.00188. The third-order valence-electron chi connectivity index (χ3n) is 3.50. The van der Waals surface area contributed by atoms with Crippen LogP contribution < -0.4 is 16.4 Å². The van der Waals surface area contributed by atoms with Crippen LogP contribution in [-0.4, -0.2) is 31.8 Å². The Bertz CT molecular complexity index is 1110. The number of nitrogens with zero attached hydrogens (tertiary/aromatic N) is 4. The summed E-state index contributed by atoms with van der Waals surface area (Å²) in [6, 6.07) is 1.93. The number of halogens is 4. The van der Waals surface area contributed by atoms with Crippen LogP contribution in [0.2, 0.25) is 5.02 Å². The van der Waals surface area contributed by atoms with Crippen LogP contribution in [0.25, 0.3) is 0 Å². The lowest BCUT2D eigenvalue weighted by atomic mass is 10.2. The zero-order chi connectivity index (χ0) is 21.9. The normalized spacial score (nSPS) is 11.2. The van der Waals surface area contributed by atoms with E-state index in [2.05, 4.69) is 30.6 Å². The van der Waals surface area contributed by atoms with Crippen molar-refractivity contribution in [3.05, 3.63) is 57.0 Å². The predicted octanol–water partition coefficient (Wildman–Crippen LogP) is 2.76.